The average molecular weight is 370 g/mol. The van der Waals surface area contributed by atoms with Gasteiger partial charge in [0.05, 0.1) is 17.8 Å². The maximum absolute atomic E-state index is 12.3. The number of nitrogens with one attached hydrogen (secondary N) is 1. The smallest absolute Gasteiger partial charge is 0.253 e. The summed E-state index contributed by atoms with van der Waals surface area (Å²) in [7, 11) is 0. The highest BCUT2D eigenvalue weighted by atomic mass is 16.5. The van der Waals surface area contributed by atoms with Gasteiger partial charge >= 0.3 is 0 Å². The number of nitrogens with zero attached hydrogens (tertiary/aromatic N) is 1. The molecule has 2 rings (SSSR count). The first-order valence-electron chi connectivity index (χ1n) is 9.41. The molecular weight excluding hydrogens is 340 g/mol. The predicted molar refractivity (Wildman–Crippen MR) is 107 cm³/mol. The molecule has 0 fully saturated rings. The van der Waals surface area contributed by atoms with Crippen molar-refractivity contribution in [1.82, 2.24) is 10.3 Å². The van der Waals surface area contributed by atoms with Gasteiger partial charge in [-0.1, -0.05) is 30.3 Å². The van der Waals surface area contributed by atoms with Gasteiger partial charge in [-0.15, -0.1) is 0 Å². The van der Waals surface area contributed by atoms with E-state index < -0.39 is 0 Å². The first kappa shape index (κ1) is 20.9. The number of benzene rings is 1. The molecule has 0 radical (unpaired) electrons. The van der Waals surface area contributed by atoms with E-state index in [2.05, 4.69) is 22.4 Å². The molecule has 0 aliphatic carbocycles. The van der Waals surface area contributed by atoms with Crippen molar-refractivity contribution in [2.24, 2.45) is 0 Å². The van der Waals surface area contributed by atoms with Gasteiger partial charge in [0.25, 0.3) is 5.91 Å². The van der Waals surface area contributed by atoms with Crippen molar-refractivity contribution in [2.75, 3.05) is 13.2 Å². The van der Waals surface area contributed by atoms with Crippen LogP contribution in [-0.2, 0) is 11.2 Å². The van der Waals surface area contributed by atoms with E-state index in [4.69, 9.17) is 9.47 Å². The first-order chi connectivity index (χ1) is 12.8. The Labute approximate surface area is 162 Å². The highest BCUT2D eigenvalue weighted by Crippen LogP contribution is 2.10. The number of ether oxygens (including phenoxy) is 2. The van der Waals surface area contributed by atoms with Gasteiger partial charge in [0.15, 0.2) is 0 Å². The molecule has 146 valence electrons. The van der Waals surface area contributed by atoms with Crippen LogP contribution in [0.2, 0.25) is 0 Å². The van der Waals surface area contributed by atoms with Crippen molar-refractivity contribution in [3.63, 3.8) is 0 Å². The van der Waals surface area contributed by atoms with Gasteiger partial charge in [-0.3, -0.25) is 4.79 Å². The Kier molecular flexibility index (Phi) is 7.80. The van der Waals surface area contributed by atoms with Gasteiger partial charge in [-0.2, -0.15) is 0 Å². The molecule has 1 heterocycles. The Morgan fingerprint density at radius 2 is 1.85 bits per heavy atom. The lowest BCUT2D eigenvalue weighted by molar-refractivity contribution is -0.0168. The van der Waals surface area contributed by atoms with Crippen LogP contribution in [0.4, 0.5) is 0 Å². The molecule has 1 aromatic heterocycles. The summed E-state index contributed by atoms with van der Waals surface area (Å²) in [5.74, 6) is 0.367. The Morgan fingerprint density at radius 1 is 1.11 bits per heavy atom. The number of amides is 1. The molecule has 1 atom stereocenters. The topological polar surface area (TPSA) is 60.5 Å². The van der Waals surface area contributed by atoms with Crippen molar-refractivity contribution in [3.8, 4) is 5.88 Å². The summed E-state index contributed by atoms with van der Waals surface area (Å²) < 4.78 is 11.1. The van der Waals surface area contributed by atoms with Crippen molar-refractivity contribution in [2.45, 2.75) is 52.2 Å². The van der Waals surface area contributed by atoms with Gasteiger partial charge in [0.2, 0.25) is 5.88 Å². The van der Waals surface area contributed by atoms with Crippen LogP contribution in [0.25, 0.3) is 0 Å². The van der Waals surface area contributed by atoms with Gasteiger partial charge in [-0.05, 0) is 52.2 Å². The second kappa shape index (κ2) is 10.1. The monoisotopic (exact) mass is 370 g/mol. The minimum absolute atomic E-state index is 0.0863. The van der Waals surface area contributed by atoms with Crippen molar-refractivity contribution in [1.29, 1.82) is 0 Å². The number of aromatic nitrogens is 1. The minimum Gasteiger partial charge on any atom is -0.475 e. The molecule has 0 bridgehead atoms. The second-order valence-electron chi connectivity index (χ2n) is 7.59. The van der Waals surface area contributed by atoms with E-state index in [1.54, 1.807) is 18.3 Å². The van der Waals surface area contributed by atoms with Gasteiger partial charge < -0.3 is 14.8 Å². The molecule has 1 N–H and O–H groups in total. The standard InChI is InChI=1S/C22H30N2O3/c1-17(10-11-18-8-6-5-7-9-18)24-21(25)19-12-13-20(23-16-19)26-14-15-27-22(2,3)4/h5-9,12-13,16-17H,10-11,14-15H2,1-4H3,(H,24,25). The zero-order valence-electron chi connectivity index (χ0n) is 16.7. The number of rotatable bonds is 9. The SMILES string of the molecule is CC(CCc1ccccc1)NC(=O)c1ccc(OCCOC(C)(C)C)nc1. The Hall–Kier alpha value is -2.40. The molecule has 2 aromatic rings. The normalized spacial score (nSPS) is 12.4. The second-order valence-corrected chi connectivity index (χ2v) is 7.59. The highest BCUT2D eigenvalue weighted by molar-refractivity contribution is 5.94. The van der Waals surface area contributed by atoms with E-state index in [0.717, 1.165) is 12.8 Å². The van der Waals surface area contributed by atoms with Crippen LogP contribution in [0.15, 0.2) is 48.7 Å². The Bertz CT molecular complexity index is 694. The molecule has 27 heavy (non-hydrogen) atoms. The van der Waals surface area contributed by atoms with Crippen LogP contribution in [-0.4, -0.2) is 35.7 Å². The molecule has 0 spiro atoms. The van der Waals surface area contributed by atoms with Crippen LogP contribution in [0.3, 0.4) is 0 Å². The van der Waals surface area contributed by atoms with Crippen molar-refractivity contribution in [3.05, 3.63) is 59.8 Å². The lowest BCUT2D eigenvalue weighted by Crippen LogP contribution is -2.32. The van der Waals surface area contributed by atoms with Crippen LogP contribution in [0.1, 0.15) is 50.0 Å². The van der Waals surface area contributed by atoms with E-state index in [-0.39, 0.29) is 17.6 Å². The summed E-state index contributed by atoms with van der Waals surface area (Å²) >= 11 is 0. The lowest BCUT2D eigenvalue weighted by atomic mass is 10.1. The van der Waals surface area contributed by atoms with E-state index in [1.165, 1.54) is 5.56 Å². The zero-order chi connectivity index (χ0) is 19.7. The van der Waals surface area contributed by atoms with Gasteiger partial charge in [0, 0.05) is 18.3 Å². The molecule has 1 amide bonds. The fourth-order valence-electron chi connectivity index (χ4n) is 2.50. The number of pyridine rings is 1. The van der Waals surface area contributed by atoms with Crippen LogP contribution < -0.4 is 10.1 Å². The molecule has 0 aliphatic rings. The fraction of sp³-hybridized carbons (Fsp3) is 0.455. The Morgan fingerprint density at radius 3 is 2.48 bits per heavy atom. The van der Waals surface area contributed by atoms with Crippen LogP contribution in [0.5, 0.6) is 5.88 Å². The van der Waals surface area contributed by atoms with Crippen molar-refractivity contribution < 1.29 is 14.3 Å². The first-order valence-corrected chi connectivity index (χ1v) is 9.41. The molecular formula is C22H30N2O3. The maximum Gasteiger partial charge on any atom is 0.253 e. The Balaban J connectivity index is 1.74. The zero-order valence-corrected chi connectivity index (χ0v) is 16.7. The minimum atomic E-state index is -0.185. The van der Waals surface area contributed by atoms with E-state index in [0.29, 0.717) is 24.7 Å². The molecule has 0 saturated carbocycles. The average Bonchev–Trinajstić information content (AvgIpc) is 2.64. The summed E-state index contributed by atoms with van der Waals surface area (Å²) in [5.41, 5.74) is 1.62. The molecule has 5 heteroatoms. The van der Waals surface area contributed by atoms with E-state index in [9.17, 15) is 4.79 Å². The summed E-state index contributed by atoms with van der Waals surface area (Å²) in [5, 5.41) is 3.02. The summed E-state index contributed by atoms with van der Waals surface area (Å²) in [4.78, 5) is 16.5. The molecule has 5 nitrogen and oxygen atoms in total. The van der Waals surface area contributed by atoms with Crippen LogP contribution in [0, 0.1) is 0 Å². The summed E-state index contributed by atoms with van der Waals surface area (Å²) in [6.07, 6.45) is 3.36. The quantitative estimate of drug-likeness (QED) is 0.677. The summed E-state index contributed by atoms with van der Waals surface area (Å²) in [6, 6.07) is 13.8. The van der Waals surface area contributed by atoms with E-state index >= 15 is 0 Å². The molecule has 1 unspecified atom stereocenters. The van der Waals surface area contributed by atoms with Crippen molar-refractivity contribution >= 4 is 5.91 Å². The third-order valence-corrected chi connectivity index (χ3v) is 3.95. The molecule has 0 saturated heterocycles. The number of hydrogen-bond donors (Lipinski definition) is 1. The number of hydrogen-bond acceptors (Lipinski definition) is 4. The molecule has 1 aromatic carbocycles. The number of carbonyl (C=O) groups is 1. The third-order valence-electron chi connectivity index (χ3n) is 3.95. The number of carbonyl (C=O) groups excluding carboxylic acids is 1. The lowest BCUT2D eigenvalue weighted by Gasteiger charge is -2.19. The van der Waals surface area contributed by atoms with Gasteiger partial charge in [-0.25, -0.2) is 4.98 Å². The largest absolute Gasteiger partial charge is 0.475 e. The fourth-order valence-corrected chi connectivity index (χ4v) is 2.50. The van der Waals surface area contributed by atoms with Gasteiger partial charge in [0.1, 0.15) is 6.61 Å². The van der Waals surface area contributed by atoms with Crippen LogP contribution >= 0.6 is 0 Å². The summed E-state index contributed by atoms with van der Waals surface area (Å²) in [6.45, 7) is 8.93. The predicted octanol–water partition coefficient (Wildman–Crippen LogP) is 4.03. The molecule has 0 aliphatic heterocycles. The highest BCUT2D eigenvalue weighted by Gasteiger charge is 2.12. The maximum atomic E-state index is 12.3. The van der Waals surface area contributed by atoms with E-state index in [1.807, 2.05) is 45.9 Å². The number of aryl methyl sites for hydroxylation is 1. The third kappa shape index (κ3) is 8.22.